The van der Waals surface area contributed by atoms with Crippen molar-refractivity contribution >= 4 is 22.4 Å². The second kappa shape index (κ2) is 8.94. The van der Waals surface area contributed by atoms with Gasteiger partial charge in [-0.15, -0.1) is 0 Å². The molecule has 0 fully saturated rings. The SMILES string of the molecule is COc1ccc(CC(=O)CN(C)c2nc(-c3cc4ccccc4cn3)nc3c2CCC3)cn1. The highest BCUT2D eigenvalue weighted by molar-refractivity contribution is 5.86. The van der Waals surface area contributed by atoms with Crippen LogP contribution in [-0.2, 0) is 24.1 Å². The van der Waals surface area contributed by atoms with E-state index in [4.69, 9.17) is 14.7 Å². The number of aromatic nitrogens is 4. The van der Waals surface area contributed by atoms with Crippen LogP contribution in [0.3, 0.4) is 0 Å². The predicted molar refractivity (Wildman–Crippen MR) is 128 cm³/mol. The first-order valence-corrected chi connectivity index (χ1v) is 11.1. The second-order valence-electron chi connectivity index (χ2n) is 8.35. The Morgan fingerprint density at radius 3 is 2.67 bits per heavy atom. The van der Waals surface area contributed by atoms with Gasteiger partial charge in [0.15, 0.2) is 11.6 Å². The average molecular weight is 440 g/mol. The Labute approximate surface area is 192 Å². The van der Waals surface area contributed by atoms with Gasteiger partial charge < -0.3 is 9.64 Å². The van der Waals surface area contributed by atoms with Crippen LogP contribution in [0.1, 0.15) is 23.2 Å². The smallest absolute Gasteiger partial charge is 0.212 e. The summed E-state index contributed by atoms with van der Waals surface area (Å²) in [6, 6.07) is 13.8. The van der Waals surface area contributed by atoms with Crippen LogP contribution in [0.25, 0.3) is 22.3 Å². The minimum Gasteiger partial charge on any atom is -0.481 e. The maximum absolute atomic E-state index is 12.8. The molecule has 0 bridgehead atoms. The van der Waals surface area contributed by atoms with E-state index in [9.17, 15) is 4.79 Å². The second-order valence-corrected chi connectivity index (χ2v) is 8.35. The molecule has 0 aliphatic heterocycles. The molecule has 0 amide bonds. The molecule has 3 heterocycles. The Kier molecular flexibility index (Phi) is 5.69. The minimum absolute atomic E-state index is 0.0974. The van der Waals surface area contributed by atoms with Gasteiger partial charge in [-0.2, -0.15) is 0 Å². The molecule has 0 atom stereocenters. The van der Waals surface area contributed by atoms with Crippen molar-refractivity contribution in [3.8, 4) is 17.4 Å². The zero-order valence-electron chi connectivity index (χ0n) is 18.8. The first kappa shape index (κ1) is 21.0. The number of ether oxygens (including phenoxy) is 1. The third-order valence-corrected chi connectivity index (χ3v) is 5.95. The van der Waals surface area contributed by atoms with Crippen LogP contribution in [0.5, 0.6) is 5.88 Å². The van der Waals surface area contributed by atoms with Crippen molar-refractivity contribution in [3.63, 3.8) is 0 Å². The molecule has 0 unspecified atom stereocenters. The largest absolute Gasteiger partial charge is 0.481 e. The number of hydrogen-bond donors (Lipinski definition) is 0. The fourth-order valence-corrected chi connectivity index (χ4v) is 4.31. The number of anilines is 1. The lowest BCUT2D eigenvalue weighted by Gasteiger charge is -2.21. The summed E-state index contributed by atoms with van der Waals surface area (Å²) in [5.74, 6) is 2.06. The Bertz CT molecular complexity index is 1320. The summed E-state index contributed by atoms with van der Waals surface area (Å²) in [6.45, 7) is 0.264. The van der Waals surface area contributed by atoms with Crippen molar-refractivity contribution in [1.82, 2.24) is 19.9 Å². The summed E-state index contributed by atoms with van der Waals surface area (Å²) < 4.78 is 5.09. The predicted octanol–water partition coefficient (Wildman–Crippen LogP) is 3.83. The number of nitrogens with zero attached hydrogens (tertiary/aromatic N) is 5. The normalized spacial score (nSPS) is 12.5. The van der Waals surface area contributed by atoms with E-state index in [0.717, 1.165) is 58.4 Å². The van der Waals surface area contributed by atoms with E-state index in [1.807, 2.05) is 48.5 Å². The molecular weight excluding hydrogens is 414 g/mol. The van der Waals surface area contributed by atoms with Crippen LogP contribution < -0.4 is 9.64 Å². The molecule has 0 N–H and O–H groups in total. The van der Waals surface area contributed by atoms with Crippen molar-refractivity contribution < 1.29 is 9.53 Å². The monoisotopic (exact) mass is 439 g/mol. The molecule has 166 valence electrons. The molecule has 7 nitrogen and oxygen atoms in total. The zero-order valence-corrected chi connectivity index (χ0v) is 18.8. The van der Waals surface area contributed by atoms with E-state index in [1.54, 1.807) is 19.4 Å². The van der Waals surface area contributed by atoms with E-state index in [1.165, 1.54) is 0 Å². The Morgan fingerprint density at radius 1 is 1.03 bits per heavy atom. The maximum atomic E-state index is 12.8. The van der Waals surface area contributed by atoms with Crippen LogP contribution in [-0.4, -0.2) is 46.4 Å². The number of fused-ring (bicyclic) bond motifs is 2. The van der Waals surface area contributed by atoms with E-state index in [-0.39, 0.29) is 12.3 Å². The molecule has 0 saturated heterocycles. The molecule has 1 aliphatic carbocycles. The van der Waals surface area contributed by atoms with Gasteiger partial charge in [0.25, 0.3) is 0 Å². The molecule has 4 aromatic rings. The number of pyridine rings is 2. The number of rotatable bonds is 7. The van der Waals surface area contributed by atoms with Gasteiger partial charge in [-0.25, -0.2) is 15.0 Å². The number of benzene rings is 1. The van der Waals surface area contributed by atoms with Crippen LogP contribution >= 0.6 is 0 Å². The van der Waals surface area contributed by atoms with Crippen molar-refractivity contribution in [1.29, 1.82) is 0 Å². The number of Topliss-reactive ketones (excluding diaryl/α,β-unsaturated/α-hetero) is 1. The number of methoxy groups -OCH3 is 1. The number of ketones is 1. The van der Waals surface area contributed by atoms with Gasteiger partial charge in [0.1, 0.15) is 11.5 Å². The summed E-state index contributed by atoms with van der Waals surface area (Å²) in [7, 11) is 3.49. The summed E-state index contributed by atoms with van der Waals surface area (Å²) in [5.41, 5.74) is 3.81. The minimum atomic E-state index is 0.0974. The molecule has 7 heteroatoms. The number of hydrogen-bond acceptors (Lipinski definition) is 7. The quantitative estimate of drug-likeness (QED) is 0.433. The van der Waals surface area contributed by atoms with E-state index in [2.05, 4.69) is 16.0 Å². The zero-order chi connectivity index (χ0) is 22.8. The maximum Gasteiger partial charge on any atom is 0.212 e. The molecule has 3 aromatic heterocycles. The van der Waals surface area contributed by atoms with Crippen molar-refractivity contribution in [2.24, 2.45) is 0 Å². The highest BCUT2D eigenvalue weighted by Gasteiger charge is 2.23. The van der Waals surface area contributed by atoms with Gasteiger partial charge in [0.2, 0.25) is 5.88 Å². The van der Waals surface area contributed by atoms with Crippen LogP contribution in [0.15, 0.2) is 54.9 Å². The summed E-state index contributed by atoms with van der Waals surface area (Å²) in [6.07, 6.45) is 6.75. The number of aryl methyl sites for hydroxylation is 1. The fourth-order valence-electron chi connectivity index (χ4n) is 4.31. The first-order chi connectivity index (χ1) is 16.1. The molecular formula is C26H25N5O2. The molecule has 1 aliphatic rings. The van der Waals surface area contributed by atoms with Crippen LogP contribution in [0, 0.1) is 0 Å². The Hall–Kier alpha value is -3.87. The van der Waals surface area contributed by atoms with Crippen molar-refractivity contribution in [2.45, 2.75) is 25.7 Å². The molecule has 0 radical (unpaired) electrons. The third kappa shape index (κ3) is 4.39. The van der Waals surface area contributed by atoms with Gasteiger partial charge in [-0.3, -0.25) is 9.78 Å². The highest BCUT2D eigenvalue weighted by Crippen LogP contribution is 2.31. The molecule has 0 saturated carbocycles. The summed E-state index contributed by atoms with van der Waals surface area (Å²) >= 11 is 0. The molecule has 5 rings (SSSR count). The highest BCUT2D eigenvalue weighted by atomic mass is 16.5. The average Bonchev–Trinajstić information content (AvgIpc) is 3.32. The number of likely N-dealkylation sites (N-methyl/N-ethyl adjacent to an activating group) is 1. The van der Waals surface area contributed by atoms with Gasteiger partial charge in [0.05, 0.1) is 13.7 Å². The van der Waals surface area contributed by atoms with Crippen molar-refractivity contribution in [3.05, 3.63) is 71.7 Å². The standard InChI is InChI=1S/C26H25N5O2/c1-31(16-20(32)12-17-10-11-24(33-2)28-14-17)26-21-8-5-9-22(21)29-25(30-26)23-13-18-6-3-4-7-19(18)15-27-23/h3-4,6-7,10-11,13-15H,5,8-9,12,16H2,1-2H3. The van der Waals surface area contributed by atoms with E-state index in [0.29, 0.717) is 18.1 Å². The summed E-state index contributed by atoms with van der Waals surface area (Å²) in [4.78, 5) is 33.2. The lowest BCUT2D eigenvalue weighted by Crippen LogP contribution is -2.28. The molecule has 0 spiro atoms. The van der Waals surface area contributed by atoms with E-state index >= 15 is 0 Å². The number of carbonyl (C=O) groups excluding carboxylic acids is 1. The summed E-state index contributed by atoms with van der Waals surface area (Å²) in [5, 5.41) is 2.18. The van der Waals surface area contributed by atoms with Gasteiger partial charge >= 0.3 is 0 Å². The molecule has 33 heavy (non-hydrogen) atoms. The lowest BCUT2D eigenvalue weighted by molar-refractivity contribution is -0.117. The van der Waals surface area contributed by atoms with Gasteiger partial charge in [-0.05, 0) is 36.3 Å². The van der Waals surface area contributed by atoms with E-state index < -0.39 is 0 Å². The Morgan fingerprint density at radius 2 is 1.88 bits per heavy atom. The topological polar surface area (TPSA) is 81.1 Å². The molecule has 1 aromatic carbocycles. The fraction of sp³-hybridized carbons (Fsp3) is 0.269. The Balaban J connectivity index is 1.40. The van der Waals surface area contributed by atoms with Crippen molar-refractivity contribution in [2.75, 3.05) is 25.6 Å². The van der Waals surface area contributed by atoms with Gasteiger partial charge in [0, 0.05) is 48.6 Å². The van der Waals surface area contributed by atoms with Crippen LogP contribution in [0.2, 0.25) is 0 Å². The lowest BCUT2D eigenvalue weighted by atomic mass is 10.1. The number of carbonyl (C=O) groups is 1. The third-order valence-electron chi connectivity index (χ3n) is 5.95. The first-order valence-electron chi connectivity index (χ1n) is 11.1. The van der Waals surface area contributed by atoms with Crippen LogP contribution in [0.4, 0.5) is 5.82 Å². The van der Waals surface area contributed by atoms with Gasteiger partial charge in [-0.1, -0.05) is 30.3 Å².